The molecule has 3 N–H and O–H groups in total. The van der Waals surface area contributed by atoms with Gasteiger partial charge in [-0.3, -0.25) is 0 Å². The molecule has 28 heavy (non-hydrogen) atoms. The summed E-state index contributed by atoms with van der Waals surface area (Å²) in [6.07, 6.45) is -7.34. The van der Waals surface area contributed by atoms with Crippen LogP contribution in [-0.2, 0) is 13.1 Å². The average Bonchev–Trinajstić information content (AvgIpc) is 2.63. The lowest BCUT2D eigenvalue weighted by molar-refractivity contribution is -0.274. The van der Waals surface area contributed by atoms with E-state index in [-0.39, 0.29) is 30.7 Å². The van der Waals surface area contributed by atoms with E-state index in [1.807, 2.05) is 0 Å². The largest absolute Gasteiger partial charge is 0.573 e. The monoisotopic (exact) mass is 404 g/mol. The van der Waals surface area contributed by atoms with Gasteiger partial charge >= 0.3 is 6.36 Å². The van der Waals surface area contributed by atoms with Crippen molar-refractivity contribution in [2.24, 2.45) is 10.7 Å². The van der Waals surface area contributed by atoms with E-state index in [9.17, 15) is 22.0 Å². The second-order valence-corrected chi connectivity index (χ2v) is 5.42. The lowest BCUT2D eigenvalue weighted by Gasteiger charge is -2.09. The number of alkyl halides is 5. The van der Waals surface area contributed by atoms with E-state index in [2.05, 4.69) is 20.0 Å². The second kappa shape index (κ2) is 9.72. The summed E-state index contributed by atoms with van der Waals surface area (Å²) in [6, 6.07) is 9.92. The summed E-state index contributed by atoms with van der Waals surface area (Å²) in [4.78, 5) is 8.10. The SMILES string of the molecule is NC(=NCc1ccc(OC(F)(F)F)cc1)NCc1cccc(OCC(F)F)n1. The number of nitrogens with one attached hydrogen (secondary N) is 1. The van der Waals surface area contributed by atoms with Gasteiger partial charge < -0.3 is 20.5 Å². The van der Waals surface area contributed by atoms with E-state index in [4.69, 9.17) is 10.5 Å². The first kappa shape index (κ1) is 21.2. The number of aromatic nitrogens is 1. The van der Waals surface area contributed by atoms with Crippen LogP contribution in [0.2, 0.25) is 0 Å². The van der Waals surface area contributed by atoms with Crippen LogP contribution in [0.25, 0.3) is 0 Å². The maximum atomic E-state index is 12.1. The summed E-state index contributed by atoms with van der Waals surface area (Å²) in [7, 11) is 0. The van der Waals surface area contributed by atoms with Crippen molar-refractivity contribution in [1.29, 1.82) is 0 Å². The molecular weight excluding hydrogens is 387 g/mol. The van der Waals surface area contributed by atoms with Crippen molar-refractivity contribution in [3.8, 4) is 11.6 Å². The molecule has 1 aromatic carbocycles. The Kier molecular flexibility index (Phi) is 7.36. The Balaban J connectivity index is 1.83. The fourth-order valence-corrected chi connectivity index (χ4v) is 1.99. The molecule has 0 aliphatic rings. The highest BCUT2D eigenvalue weighted by Gasteiger charge is 2.30. The maximum absolute atomic E-state index is 12.1. The van der Waals surface area contributed by atoms with Crippen LogP contribution >= 0.6 is 0 Å². The molecule has 11 heteroatoms. The fraction of sp³-hybridized carbons (Fsp3) is 0.294. The number of nitrogens with two attached hydrogens (primary N) is 1. The molecule has 1 heterocycles. The van der Waals surface area contributed by atoms with Gasteiger partial charge in [0.2, 0.25) is 5.88 Å². The molecule has 6 nitrogen and oxygen atoms in total. The predicted molar refractivity (Wildman–Crippen MR) is 91.0 cm³/mol. The molecule has 0 fully saturated rings. The van der Waals surface area contributed by atoms with Crippen LogP contribution in [0.4, 0.5) is 22.0 Å². The van der Waals surface area contributed by atoms with Crippen molar-refractivity contribution in [2.45, 2.75) is 25.9 Å². The molecule has 152 valence electrons. The summed E-state index contributed by atoms with van der Waals surface area (Å²) < 4.78 is 69.2. The van der Waals surface area contributed by atoms with Gasteiger partial charge in [-0.15, -0.1) is 13.2 Å². The molecule has 0 bridgehead atoms. The zero-order valence-electron chi connectivity index (χ0n) is 14.4. The summed E-state index contributed by atoms with van der Waals surface area (Å²) in [5.74, 6) is -0.182. The smallest absolute Gasteiger partial charge is 0.472 e. The third-order valence-corrected chi connectivity index (χ3v) is 3.18. The van der Waals surface area contributed by atoms with E-state index in [1.54, 1.807) is 12.1 Å². The second-order valence-electron chi connectivity index (χ2n) is 5.42. The molecular formula is C17H17F5N4O2. The van der Waals surface area contributed by atoms with Gasteiger partial charge in [-0.25, -0.2) is 18.8 Å². The van der Waals surface area contributed by atoms with Crippen molar-refractivity contribution in [3.63, 3.8) is 0 Å². The van der Waals surface area contributed by atoms with Crippen molar-refractivity contribution in [1.82, 2.24) is 10.3 Å². The van der Waals surface area contributed by atoms with E-state index >= 15 is 0 Å². The number of aliphatic imine (C=N–C) groups is 1. The zero-order chi connectivity index (χ0) is 20.6. The third-order valence-electron chi connectivity index (χ3n) is 3.18. The Labute approximate surface area is 157 Å². The molecule has 0 aliphatic carbocycles. The van der Waals surface area contributed by atoms with Gasteiger partial charge in [0, 0.05) is 6.07 Å². The van der Waals surface area contributed by atoms with E-state index in [0.717, 1.165) is 0 Å². The van der Waals surface area contributed by atoms with E-state index in [1.165, 1.54) is 30.3 Å². The van der Waals surface area contributed by atoms with Crippen LogP contribution in [-0.4, -0.2) is 30.3 Å². The number of ether oxygens (including phenoxy) is 2. The van der Waals surface area contributed by atoms with Crippen LogP contribution < -0.4 is 20.5 Å². The minimum atomic E-state index is -4.75. The maximum Gasteiger partial charge on any atom is 0.573 e. The Bertz CT molecular complexity index is 782. The Hall–Kier alpha value is -3.11. The van der Waals surface area contributed by atoms with Gasteiger partial charge in [0.1, 0.15) is 5.75 Å². The number of nitrogens with zero attached hydrogens (tertiary/aromatic N) is 2. The fourth-order valence-electron chi connectivity index (χ4n) is 1.99. The average molecular weight is 404 g/mol. The Morgan fingerprint density at radius 3 is 2.50 bits per heavy atom. The van der Waals surface area contributed by atoms with Crippen molar-refractivity contribution in [2.75, 3.05) is 6.61 Å². The number of guanidine groups is 1. The highest BCUT2D eigenvalue weighted by atomic mass is 19.4. The quantitative estimate of drug-likeness (QED) is 0.401. The van der Waals surface area contributed by atoms with Crippen LogP contribution in [0.5, 0.6) is 11.6 Å². The lowest BCUT2D eigenvalue weighted by Crippen LogP contribution is -2.31. The number of hydrogen-bond acceptors (Lipinski definition) is 4. The third kappa shape index (κ3) is 8.06. The molecule has 0 radical (unpaired) electrons. The first-order chi connectivity index (χ1) is 13.2. The van der Waals surface area contributed by atoms with E-state index in [0.29, 0.717) is 11.3 Å². The van der Waals surface area contributed by atoms with Gasteiger partial charge in [0.05, 0.1) is 18.8 Å². The molecule has 0 unspecified atom stereocenters. The number of benzene rings is 1. The van der Waals surface area contributed by atoms with Crippen LogP contribution in [0.1, 0.15) is 11.3 Å². The summed E-state index contributed by atoms with van der Waals surface area (Å²) in [5, 5.41) is 2.79. The van der Waals surface area contributed by atoms with Crippen molar-refractivity contribution >= 4 is 5.96 Å². The number of halogens is 5. The Morgan fingerprint density at radius 1 is 1.14 bits per heavy atom. The highest BCUT2D eigenvalue weighted by molar-refractivity contribution is 5.77. The molecule has 2 aromatic rings. The molecule has 0 amide bonds. The summed E-state index contributed by atoms with van der Waals surface area (Å²) in [6.45, 7) is -0.435. The van der Waals surface area contributed by atoms with Gasteiger partial charge in [0.15, 0.2) is 12.6 Å². The number of rotatable bonds is 8. The molecule has 0 spiro atoms. The van der Waals surface area contributed by atoms with E-state index < -0.39 is 19.4 Å². The zero-order valence-corrected chi connectivity index (χ0v) is 14.4. The van der Waals surface area contributed by atoms with Gasteiger partial charge in [-0.05, 0) is 23.8 Å². The van der Waals surface area contributed by atoms with Gasteiger partial charge in [-0.1, -0.05) is 18.2 Å². The standard InChI is InChI=1S/C17H17F5N4O2/c18-14(19)10-27-15-3-1-2-12(26-15)9-25-16(23)24-8-11-4-6-13(7-5-11)28-17(20,21)22/h1-7,14H,8-10H2,(H3,23,24,25). The first-order valence-corrected chi connectivity index (χ1v) is 7.96. The normalized spacial score (nSPS) is 12.1. The summed E-state index contributed by atoms with van der Waals surface area (Å²) in [5.41, 5.74) is 6.85. The lowest BCUT2D eigenvalue weighted by atomic mass is 10.2. The Morgan fingerprint density at radius 2 is 1.86 bits per heavy atom. The van der Waals surface area contributed by atoms with Crippen molar-refractivity contribution < 1.29 is 31.4 Å². The number of pyridine rings is 1. The predicted octanol–water partition coefficient (Wildman–Crippen LogP) is 3.23. The first-order valence-electron chi connectivity index (χ1n) is 7.96. The number of hydrogen-bond donors (Lipinski definition) is 2. The molecule has 2 rings (SSSR count). The van der Waals surface area contributed by atoms with Crippen LogP contribution in [0, 0.1) is 0 Å². The van der Waals surface area contributed by atoms with Gasteiger partial charge in [-0.2, -0.15) is 0 Å². The molecule has 0 saturated heterocycles. The van der Waals surface area contributed by atoms with Crippen LogP contribution in [0.3, 0.4) is 0 Å². The van der Waals surface area contributed by atoms with Crippen LogP contribution in [0.15, 0.2) is 47.5 Å². The molecule has 0 saturated carbocycles. The summed E-state index contributed by atoms with van der Waals surface area (Å²) >= 11 is 0. The minimum absolute atomic E-state index is 0.0660. The molecule has 0 aliphatic heterocycles. The van der Waals surface area contributed by atoms with Gasteiger partial charge in [0.25, 0.3) is 6.43 Å². The minimum Gasteiger partial charge on any atom is -0.472 e. The topological polar surface area (TPSA) is 81.8 Å². The highest BCUT2D eigenvalue weighted by Crippen LogP contribution is 2.22. The van der Waals surface area contributed by atoms with Crippen molar-refractivity contribution in [3.05, 3.63) is 53.7 Å². The molecule has 0 atom stereocenters. The molecule has 1 aromatic heterocycles.